The third-order valence-corrected chi connectivity index (χ3v) is 7.71. The van der Waals surface area contributed by atoms with Gasteiger partial charge < -0.3 is 4.90 Å². The molecule has 1 aromatic carbocycles. The second kappa shape index (κ2) is 9.31. The van der Waals surface area contributed by atoms with Gasteiger partial charge in [-0.2, -0.15) is 4.58 Å². The van der Waals surface area contributed by atoms with Crippen LogP contribution in [0.25, 0.3) is 10.2 Å². The molecule has 30 heavy (non-hydrogen) atoms. The van der Waals surface area contributed by atoms with Crippen LogP contribution in [0.15, 0.2) is 66.0 Å². The Bertz CT molecular complexity index is 1070. The van der Waals surface area contributed by atoms with Crippen LogP contribution in [0.4, 0.5) is 5.69 Å². The van der Waals surface area contributed by atoms with Crippen molar-refractivity contribution in [1.29, 1.82) is 0 Å². The van der Waals surface area contributed by atoms with Gasteiger partial charge in [0.15, 0.2) is 0 Å². The molecule has 2 aromatic rings. The average molecular weight is 440 g/mol. The van der Waals surface area contributed by atoms with Crippen LogP contribution < -0.4 is 0 Å². The van der Waals surface area contributed by atoms with Gasteiger partial charge >= 0.3 is 0 Å². The Morgan fingerprint density at radius 2 is 2.13 bits per heavy atom. The molecular weight excluding hydrogens is 408 g/mol. The summed E-state index contributed by atoms with van der Waals surface area (Å²) in [6.45, 7) is 13.9. The summed E-state index contributed by atoms with van der Waals surface area (Å²) < 4.78 is 7.49. The Morgan fingerprint density at radius 3 is 2.77 bits per heavy atom. The molecule has 0 spiro atoms. The number of aromatic nitrogens is 2. The quantitative estimate of drug-likeness (QED) is 0.297. The third kappa shape index (κ3) is 3.91. The van der Waals surface area contributed by atoms with Crippen molar-refractivity contribution in [3.63, 3.8) is 0 Å². The Labute approximate surface area is 188 Å². The summed E-state index contributed by atoms with van der Waals surface area (Å²) in [6.07, 6.45) is 11.8. The number of hydrogen-bond donors (Lipinski definition) is 0. The van der Waals surface area contributed by atoms with E-state index in [2.05, 4.69) is 103 Å². The van der Waals surface area contributed by atoms with E-state index in [1.807, 2.05) is 6.08 Å². The van der Waals surface area contributed by atoms with Gasteiger partial charge in [0.2, 0.25) is 10.7 Å². The predicted molar refractivity (Wildman–Crippen MR) is 133 cm³/mol. The molecule has 2 heterocycles. The molecule has 3 rings (SSSR count). The molecule has 0 radical (unpaired) electrons. The minimum absolute atomic E-state index is 0.0369. The third-order valence-electron chi connectivity index (χ3n) is 6.23. The lowest BCUT2D eigenvalue weighted by Gasteiger charge is -2.28. The van der Waals surface area contributed by atoms with Crippen LogP contribution in [0.2, 0.25) is 0 Å². The average Bonchev–Trinajstić information content (AvgIpc) is 3.29. The van der Waals surface area contributed by atoms with Crippen LogP contribution in [0.1, 0.15) is 34.1 Å². The fourth-order valence-electron chi connectivity index (χ4n) is 4.15. The smallest absolute Gasteiger partial charge is 0.240 e. The lowest BCUT2D eigenvalue weighted by Crippen LogP contribution is -2.21. The second-order valence-electron chi connectivity index (χ2n) is 7.58. The highest BCUT2D eigenvalue weighted by Crippen LogP contribution is 2.48. The van der Waals surface area contributed by atoms with E-state index in [1.165, 1.54) is 33.5 Å². The molecule has 1 unspecified atom stereocenters. The number of rotatable bonds is 6. The maximum absolute atomic E-state index is 4.23. The first-order valence-electron chi connectivity index (χ1n) is 10.3. The molecular formula is C24H31N4S2+. The van der Waals surface area contributed by atoms with Crippen molar-refractivity contribution in [2.75, 3.05) is 19.8 Å². The summed E-state index contributed by atoms with van der Waals surface area (Å²) in [5.41, 5.74) is 6.04. The summed E-state index contributed by atoms with van der Waals surface area (Å²) in [6, 6.07) is 6.37. The normalized spacial score (nSPS) is 21.9. The van der Waals surface area contributed by atoms with Crippen molar-refractivity contribution in [1.82, 2.24) is 14.5 Å². The molecule has 0 bridgehead atoms. The number of fused-ring (bicyclic) bond motifs is 1. The maximum atomic E-state index is 4.23. The van der Waals surface area contributed by atoms with Crippen molar-refractivity contribution < 1.29 is 4.58 Å². The molecule has 6 heteroatoms. The molecule has 0 saturated heterocycles. The number of nitrogens with zero attached hydrogens (tertiary/aromatic N) is 4. The molecule has 0 aliphatic carbocycles. The highest BCUT2D eigenvalue weighted by Gasteiger charge is 2.39. The van der Waals surface area contributed by atoms with Crippen molar-refractivity contribution >= 4 is 44.2 Å². The molecule has 0 N–H and O–H groups in total. The van der Waals surface area contributed by atoms with Crippen LogP contribution in [0.3, 0.4) is 0 Å². The SMILES string of the molecule is C=CC1=C(C)C(C)(CC)/C(=C\C=C/C(SC)=[N+](CC)c2ccc3snnc3c2)N1C. The first-order chi connectivity index (χ1) is 14.4. The van der Waals surface area contributed by atoms with Gasteiger partial charge in [0.05, 0.1) is 4.70 Å². The molecule has 1 aromatic heterocycles. The Balaban J connectivity index is 1.98. The van der Waals surface area contributed by atoms with Crippen LogP contribution in [-0.4, -0.2) is 44.0 Å². The molecule has 4 nitrogen and oxygen atoms in total. The molecule has 1 aliphatic rings. The summed E-state index contributed by atoms with van der Waals surface area (Å²) in [5.74, 6) is 0. The molecule has 158 valence electrons. The number of thioether (sulfide) groups is 1. The number of benzene rings is 1. The molecule has 0 fully saturated rings. The number of allylic oxidation sites excluding steroid dienone is 4. The van der Waals surface area contributed by atoms with Crippen LogP contribution in [0.5, 0.6) is 0 Å². The van der Waals surface area contributed by atoms with Crippen molar-refractivity contribution in [3.05, 3.63) is 66.0 Å². The monoisotopic (exact) mass is 439 g/mol. The van der Waals surface area contributed by atoms with E-state index in [9.17, 15) is 0 Å². The van der Waals surface area contributed by atoms with Crippen molar-refractivity contribution in [2.24, 2.45) is 5.41 Å². The highest BCUT2D eigenvalue weighted by molar-refractivity contribution is 8.13. The topological polar surface area (TPSA) is 32.0 Å². The van der Waals surface area contributed by atoms with Gasteiger partial charge in [-0.3, -0.25) is 0 Å². The zero-order chi connectivity index (χ0) is 21.9. The van der Waals surface area contributed by atoms with Gasteiger partial charge in [-0.25, -0.2) is 0 Å². The summed E-state index contributed by atoms with van der Waals surface area (Å²) in [4.78, 5) is 2.27. The van der Waals surface area contributed by atoms with E-state index >= 15 is 0 Å². The zero-order valence-corrected chi connectivity index (χ0v) is 20.4. The van der Waals surface area contributed by atoms with E-state index in [4.69, 9.17) is 0 Å². The summed E-state index contributed by atoms with van der Waals surface area (Å²) >= 11 is 3.18. The summed E-state index contributed by atoms with van der Waals surface area (Å²) in [5, 5.41) is 5.43. The zero-order valence-electron chi connectivity index (χ0n) is 18.8. The second-order valence-corrected chi connectivity index (χ2v) is 9.19. The van der Waals surface area contributed by atoms with E-state index in [0.717, 1.165) is 28.9 Å². The van der Waals surface area contributed by atoms with Gasteiger partial charge in [0.25, 0.3) is 0 Å². The summed E-state index contributed by atoms with van der Waals surface area (Å²) in [7, 11) is 2.13. The van der Waals surface area contributed by atoms with E-state index in [0.29, 0.717) is 0 Å². The first-order valence-corrected chi connectivity index (χ1v) is 12.3. The molecule has 0 amide bonds. The lowest BCUT2D eigenvalue weighted by molar-refractivity contribution is -0.432. The van der Waals surface area contributed by atoms with Crippen molar-refractivity contribution in [2.45, 2.75) is 34.1 Å². The number of likely N-dealkylation sites (N-methyl/N-ethyl adjacent to an activating group) is 1. The van der Waals surface area contributed by atoms with Crippen molar-refractivity contribution in [3.8, 4) is 0 Å². The molecule has 1 atom stereocenters. The van der Waals surface area contributed by atoms with Gasteiger partial charge in [0.1, 0.15) is 12.1 Å². The highest BCUT2D eigenvalue weighted by atomic mass is 32.2. The minimum atomic E-state index is 0.0369. The van der Waals surface area contributed by atoms with Gasteiger partial charge in [-0.05, 0) is 61.8 Å². The van der Waals surface area contributed by atoms with E-state index in [1.54, 1.807) is 11.8 Å². The largest absolute Gasteiger partial charge is 0.347 e. The Kier molecular flexibility index (Phi) is 6.98. The van der Waals surface area contributed by atoms with Crippen LogP contribution in [-0.2, 0) is 0 Å². The number of hydrogen-bond acceptors (Lipinski definition) is 5. The lowest BCUT2D eigenvalue weighted by atomic mass is 9.79. The first kappa shape index (κ1) is 22.5. The fraction of sp³-hybridized carbons (Fsp3) is 0.375. The van der Waals surface area contributed by atoms with E-state index in [-0.39, 0.29) is 5.41 Å². The molecule has 0 saturated carbocycles. The standard InChI is InChI=1S/C24H31N4S2/c1-8-20-17(4)24(5,9-2)22(27(20)6)12-11-13-23(29-7)28(10-3)18-14-15-21-19(16-18)25-26-30-21/h8,11-16H,1,9-10H2,2-7H3/q+1. The Hall–Kier alpha value is -2.18. The maximum Gasteiger partial charge on any atom is 0.240 e. The predicted octanol–water partition coefficient (Wildman–Crippen LogP) is 6.38. The van der Waals surface area contributed by atoms with Gasteiger partial charge in [-0.15, -0.1) is 5.10 Å². The van der Waals surface area contributed by atoms with Gasteiger partial charge in [-0.1, -0.05) is 42.8 Å². The van der Waals surface area contributed by atoms with Gasteiger partial charge in [0, 0.05) is 42.1 Å². The van der Waals surface area contributed by atoms with E-state index < -0.39 is 0 Å². The van der Waals surface area contributed by atoms with Crippen LogP contribution in [0, 0.1) is 5.41 Å². The fourth-order valence-corrected chi connectivity index (χ4v) is 5.36. The minimum Gasteiger partial charge on any atom is -0.347 e. The van der Waals surface area contributed by atoms with Crippen LogP contribution >= 0.6 is 23.3 Å². The Morgan fingerprint density at radius 1 is 1.37 bits per heavy atom. The molecule has 1 aliphatic heterocycles.